The maximum absolute atomic E-state index is 11.9. The molecule has 0 saturated carbocycles. The maximum atomic E-state index is 11.9. The number of amides is 1. The summed E-state index contributed by atoms with van der Waals surface area (Å²) in [6, 6.07) is 1.68. The van der Waals surface area contributed by atoms with Gasteiger partial charge in [0.25, 0.3) is 5.91 Å². The van der Waals surface area contributed by atoms with Crippen LogP contribution in [-0.4, -0.2) is 32.1 Å². The molecule has 0 aliphatic carbocycles. The second-order valence-electron chi connectivity index (χ2n) is 3.90. The molecule has 0 fully saturated rings. The van der Waals surface area contributed by atoms with Gasteiger partial charge in [0, 0.05) is 19.3 Å². The van der Waals surface area contributed by atoms with Crippen LogP contribution in [-0.2, 0) is 18.0 Å². The van der Waals surface area contributed by atoms with Gasteiger partial charge in [-0.3, -0.25) is 9.48 Å². The van der Waals surface area contributed by atoms with Crippen LogP contribution in [0.5, 0.6) is 0 Å². The van der Waals surface area contributed by atoms with Crippen molar-refractivity contribution in [3.05, 3.63) is 30.4 Å². The van der Waals surface area contributed by atoms with Gasteiger partial charge in [-0.05, 0) is 19.9 Å². The highest BCUT2D eigenvalue weighted by molar-refractivity contribution is 6.02. The van der Waals surface area contributed by atoms with Crippen molar-refractivity contribution in [1.29, 1.82) is 0 Å². The first-order valence-corrected chi connectivity index (χ1v) is 6.18. The Hall–Kier alpha value is -2.15. The predicted octanol–water partition coefficient (Wildman–Crippen LogP) is 1.35. The number of aryl methyl sites for hydroxylation is 1. The lowest BCUT2D eigenvalue weighted by Gasteiger charge is -2.00. The molecule has 102 valence electrons. The van der Waals surface area contributed by atoms with Crippen molar-refractivity contribution in [2.75, 3.05) is 11.9 Å². The van der Waals surface area contributed by atoms with Crippen molar-refractivity contribution < 1.29 is 9.53 Å². The fourth-order valence-electron chi connectivity index (χ4n) is 1.54. The minimum Gasteiger partial charge on any atom is -0.360 e. The van der Waals surface area contributed by atoms with Gasteiger partial charge in [-0.2, -0.15) is 10.2 Å². The van der Waals surface area contributed by atoms with Gasteiger partial charge in [0.1, 0.15) is 6.73 Å². The molecule has 1 N–H and O–H groups in total. The van der Waals surface area contributed by atoms with Crippen molar-refractivity contribution >= 4 is 11.6 Å². The first kappa shape index (κ1) is 13.3. The number of nitrogens with one attached hydrogen (secondary N) is 1. The van der Waals surface area contributed by atoms with E-state index in [1.807, 2.05) is 13.8 Å². The molecule has 0 spiro atoms. The fraction of sp³-hybridized carbons (Fsp3) is 0.417. The van der Waals surface area contributed by atoms with Crippen LogP contribution in [0.3, 0.4) is 0 Å². The quantitative estimate of drug-likeness (QED) is 0.853. The molecule has 0 saturated heterocycles. The van der Waals surface area contributed by atoms with E-state index < -0.39 is 0 Å². The molecular formula is C12H17N5O2. The molecule has 2 aromatic heterocycles. The number of nitrogens with zero attached hydrogens (tertiary/aromatic N) is 4. The number of carbonyl (C=O) groups excluding carboxylic acids is 1. The first-order valence-electron chi connectivity index (χ1n) is 6.18. The Kier molecular flexibility index (Phi) is 4.30. The Bertz CT molecular complexity index is 546. The smallest absolute Gasteiger partial charge is 0.276 e. The van der Waals surface area contributed by atoms with Crippen LogP contribution in [0.1, 0.15) is 24.3 Å². The molecule has 0 atom stereocenters. The molecule has 0 radical (unpaired) electrons. The lowest BCUT2D eigenvalue weighted by atomic mass is 10.4. The Morgan fingerprint density at radius 1 is 1.42 bits per heavy atom. The fourth-order valence-corrected chi connectivity index (χ4v) is 1.54. The van der Waals surface area contributed by atoms with E-state index in [0.717, 1.165) is 6.54 Å². The summed E-state index contributed by atoms with van der Waals surface area (Å²) in [6.07, 6.45) is 5.06. The Labute approximate surface area is 111 Å². The molecule has 19 heavy (non-hydrogen) atoms. The van der Waals surface area contributed by atoms with Crippen LogP contribution in [0.15, 0.2) is 24.7 Å². The number of hydrogen-bond donors (Lipinski definition) is 1. The second kappa shape index (κ2) is 6.14. The van der Waals surface area contributed by atoms with Gasteiger partial charge in [-0.1, -0.05) is 0 Å². The van der Waals surface area contributed by atoms with E-state index in [9.17, 15) is 4.79 Å². The highest BCUT2D eigenvalue weighted by atomic mass is 16.5. The van der Waals surface area contributed by atoms with Crippen molar-refractivity contribution in [3.63, 3.8) is 0 Å². The topological polar surface area (TPSA) is 74.0 Å². The second-order valence-corrected chi connectivity index (χ2v) is 3.90. The third kappa shape index (κ3) is 3.41. The molecule has 7 heteroatoms. The number of anilines is 1. The molecular weight excluding hydrogens is 246 g/mol. The first-order chi connectivity index (χ1) is 9.22. The van der Waals surface area contributed by atoms with Gasteiger partial charge < -0.3 is 10.1 Å². The molecule has 0 aromatic carbocycles. The molecule has 2 rings (SSSR count). The number of rotatable bonds is 6. The van der Waals surface area contributed by atoms with E-state index in [0.29, 0.717) is 24.7 Å². The van der Waals surface area contributed by atoms with Crippen molar-refractivity contribution in [3.8, 4) is 0 Å². The third-order valence-corrected chi connectivity index (χ3v) is 2.52. The zero-order valence-corrected chi connectivity index (χ0v) is 11.0. The summed E-state index contributed by atoms with van der Waals surface area (Å²) in [5, 5.41) is 10.9. The van der Waals surface area contributed by atoms with Crippen molar-refractivity contribution in [2.24, 2.45) is 0 Å². The number of aromatic nitrogens is 4. The molecule has 2 aromatic rings. The van der Waals surface area contributed by atoms with Gasteiger partial charge in [0.05, 0.1) is 18.1 Å². The lowest BCUT2D eigenvalue weighted by Crippen LogP contribution is -2.13. The number of carbonyl (C=O) groups is 1. The summed E-state index contributed by atoms with van der Waals surface area (Å²) in [4.78, 5) is 11.9. The standard InChI is InChI=1S/C12H17N5O2/c1-3-16-6-5-11(15-16)12(18)14-10-7-13-17(8-10)9-19-4-2/h5-8H,3-4,9H2,1-2H3,(H,14,18). The van der Waals surface area contributed by atoms with Crippen LogP contribution in [0.2, 0.25) is 0 Å². The molecule has 7 nitrogen and oxygen atoms in total. The summed E-state index contributed by atoms with van der Waals surface area (Å²) in [6.45, 7) is 5.61. The minimum absolute atomic E-state index is 0.247. The SMILES string of the molecule is CCOCn1cc(NC(=O)c2ccn(CC)n2)cn1. The predicted molar refractivity (Wildman–Crippen MR) is 69.7 cm³/mol. The highest BCUT2D eigenvalue weighted by Gasteiger charge is 2.10. The summed E-state index contributed by atoms with van der Waals surface area (Å²) in [5.41, 5.74) is 1.01. The molecule has 0 bridgehead atoms. The molecule has 0 aliphatic heterocycles. The average molecular weight is 263 g/mol. The van der Waals surface area contributed by atoms with Gasteiger partial charge in [0.2, 0.25) is 0 Å². The van der Waals surface area contributed by atoms with E-state index in [1.54, 1.807) is 34.0 Å². The number of hydrogen-bond acceptors (Lipinski definition) is 4. The molecule has 1 amide bonds. The van der Waals surface area contributed by atoms with Crippen LogP contribution < -0.4 is 5.32 Å². The monoisotopic (exact) mass is 263 g/mol. The Morgan fingerprint density at radius 2 is 2.26 bits per heavy atom. The van der Waals surface area contributed by atoms with Crippen molar-refractivity contribution in [2.45, 2.75) is 27.1 Å². The summed E-state index contributed by atoms with van der Waals surface area (Å²) < 4.78 is 8.53. The third-order valence-electron chi connectivity index (χ3n) is 2.52. The van der Waals surface area contributed by atoms with Gasteiger partial charge in [-0.15, -0.1) is 0 Å². The molecule has 0 aliphatic rings. The van der Waals surface area contributed by atoms with E-state index in [1.165, 1.54) is 0 Å². The van der Waals surface area contributed by atoms with Crippen LogP contribution in [0, 0.1) is 0 Å². The minimum atomic E-state index is -0.247. The zero-order valence-electron chi connectivity index (χ0n) is 11.0. The summed E-state index contributed by atoms with van der Waals surface area (Å²) in [5.74, 6) is -0.247. The summed E-state index contributed by atoms with van der Waals surface area (Å²) >= 11 is 0. The Morgan fingerprint density at radius 3 is 2.95 bits per heavy atom. The van der Waals surface area contributed by atoms with Crippen LogP contribution >= 0.6 is 0 Å². The van der Waals surface area contributed by atoms with Crippen LogP contribution in [0.4, 0.5) is 5.69 Å². The normalized spacial score (nSPS) is 10.6. The summed E-state index contributed by atoms with van der Waals surface area (Å²) in [7, 11) is 0. The van der Waals surface area contributed by atoms with E-state index in [-0.39, 0.29) is 5.91 Å². The number of ether oxygens (including phenoxy) is 1. The lowest BCUT2D eigenvalue weighted by molar-refractivity contribution is 0.0792. The van der Waals surface area contributed by atoms with E-state index >= 15 is 0 Å². The van der Waals surface area contributed by atoms with Gasteiger partial charge in [0.15, 0.2) is 5.69 Å². The maximum Gasteiger partial charge on any atom is 0.276 e. The van der Waals surface area contributed by atoms with E-state index in [2.05, 4.69) is 15.5 Å². The van der Waals surface area contributed by atoms with E-state index in [4.69, 9.17) is 4.74 Å². The average Bonchev–Trinajstić information content (AvgIpc) is 3.05. The largest absolute Gasteiger partial charge is 0.360 e. The Balaban J connectivity index is 1.96. The van der Waals surface area contributed by atoms with Crippen LogP contribution in [0.25, 0.3) is 0 Å². The molecule has 2 heterocycles. The highest BCUT2D eigenvalue weighted by Crippen LogP contribution is 2.07. The van der Waals surface area contributed by atoms with Gasteiger partial charge >= 0.3 is 0 Å². The zero-order chi connectivity index (χ0) is 13.7. The van der Waals surface area contributed by atoms with Crippen molar-refractivity contribution in [1.82, 2.24) is 19.6 Å². The van der Waals surface area contributed by atoms with Gasteiger partial charge in [-0.25, -0.2) is 4.68 Å². The molecule has 0 unspecified atom stereocenters.